The number of aromatic nitrogens is 1. The van der Waals surface area contributed by atoms with Crippen molar-refractivity contribution in [1.29, 1.82) is 0 Å². The fourth-order valence-electron chi connectivity index (χ4n) is 2.19. The molecule has 2 rings (SSSR count). The van der Waals surface area contributed by atoms with Gasteiger partial charge in [0.05, 0.1) is 24.4 Å². The Morgan fingerprint density at radius 2 is 1.86 bits per heavy atom. The van der Waals surface area contributed by atoms with E-state index in [-0.39, 0.29) is 33.9 Å². The van der Waals surface area contributed by atoms with E-state index in [1.165, 1.54) is 31.4 Å². The second-order valence-electron chi connectivity index (χ2n) is 6.47. The Hall–Kier alpha value is -2.71. The number of H-pyrrole nitrogens is 1. The monoisotopic (exact) mass is 441 g/mol. The molecule has 1 aromatic heterocycles. The third kappa shape index (κ3) is 6.40. The van der Waals surface area contributed by atoms with Crippen LogP contribution in [0.2, 0.25) is 10.2 Å². The van der Waals surface area contributed by atoms with Crippen LogP contribution in [0.5, 0.6) is 5.75 Å². The quantitative estimate of drug-likeness (QED) is 0.542. The number of rotatable bonds is 8. The van der Waals surface area contributed by atoms with E-state index in [4.69, 9.17) is 27.9 Å². The molecule has 1 heterocycles. The van der Waals surface area contributed by atoms with Crippen LogP contribution in [0.1, 0.15) is 34.7 Å². The third-order valence-electron chi connectivity index (χ3n) is 3.65. The SMILES string of the molecule is COC(=O)CNC(=O)c1ccc(NC(=O)c2cc(Cl)c(Cl)[nH]2)c(OCC(C)C)c1. The number of halogens is 2. The Morgan fingerprint density at radius 3 is 2.45 bits per heavy atom. The van der Waals surface area contributed by atoms with Crippen molar-refractivity contribution in [2.45, 2.75) is 13.8 Å². The first kappa shape index (κ1) is 22.6. The molecular formula is C19H21Cl2N3O5. The molecule has 0 aliphatic heterocycles. The van der Waals surface area contributed by atoms with Crippen molar-refractivity contribution in [2.75, 3.05) is 25.6 Å². The molecule has 0 atom stereocenters. The van der Waals surface area contributed by atoms with E-state index >= 15 is 0 Å². The van der Waals surface area contributed by atoms with Crippen molar-refractivity contribution < 1.29 is 23.9 Å². The van der Waals surface area contributed by atoms with Crippen LogP contribution in [-0.2, 0) is 9.53 Å². The molecule has 29 heavy (non-hydrogen) atoms. The van der Waals surface area contributed by atoms with Crippen LogP contribution in [0.3, 0.4) is 0 Å². The molecule has 0 saturated heterocycles. The number of methoxy groups -OCH3 is 1. The van der Waals surface area contributed by atoms with Crippen LogP contribution in [0, 0.1) is 5.92 Å². The lowest BCUT2D eigenvalue weighted by molar-refractivity contribution is -0.139. The lowest BCUT2D eigenvalue weighted by Gasteiger charge is -2.15. The molecule has 3 N–H and O–H groups in total. The number of carbonyl (C=O) groups is 3. The Kier molecular flexibility index (Phi) is 7.92. The Labute approximate surface area is 177 Å². The number of aromatic amines is 1. The first-order valence-electron chi connectivity index (χ1n) is 8.68. The summed E-state index contributed by atoms with van der Waals surface area (Å²) in [7, 11) is 1.23. The van der Waals surface area contributed by atoms with Gasteiger partial charge in [-0.1, -0.05) is 37.0 Å². The predicted molar refractivity (Wildman–Crippen MR) is 110 cm³/mol. The van der Waals surface area contributed by atoms with Crippen molar-refractivity contribution >= 4 is 46.7 Å². The summed E-state index contributed by atoms with van der Waals surface area (Å²) in [5, 5.41) is 5.53. The smallest absolute Gasteiger partial charge is 0.325 e. The molecule has 1 aromatic carbocycles. The molecule has 0 aliphatic carbocycles. The van der Waals surface area contributed by atoms with Gasteiger partial charge in [-0.3, -0.25) is 14.4 Å². The molecule has 0 fully saturated rings. The highest BCUT2D eigenvalue weighted by Crippen LogP contribution is 2.28. The molecule has 0 aliphatic rings. The van der Waals surface area contributed by atoms with Crippen molar-refractivity contribution in [3.8, 4) is 5.75 Å². The molecule has 0 bridgehead atoms. The summed E-state index contributed by atoms with van der Waals surface area (Å²) in [6.07, 6.45) is 0. The van der Waals surface area contributed by atoms with Crippen LogP contribution >= 0.6 is 23.2 Å². The highest BCUT2D eigenvalue weighted by Gasteiger charge is 2.17. The minimum absolute atomic E-state index is 0.158. The minimum atomic E-state index is -0.568. The maximum Gasteiger partial charge on any atom is 0.325 e. The van der Waals surface area contributed by atoms with E-state index < -0.39 is 17.8 Å². The molecule has 156 valence electrons. The van der Waals surface area contributed by atoms with Gasteiger partial charge in [0.2, 0.25) is 0 Å². The summed E-state index contributed by atoms with van der Waals surface area (Å²) in [5.74, 6) is -0.999. The Morgan fingerprint density at radius 1 is 1.14 bits per heavy atom. The van der Waals surface area contributed by atoms with Gasteiger partial charge < -0.3 is 25.1 Å². The van der Waals surface area contributed by atoms with Gasteiger partial charge >= 0.3 is 5.97 Å². The maximum atomic E-state index is 12.5. The van der Waals surface area contributed by atoms with Gasteiger partial charge in [-0.25, -0.2) is 0 Å². The first-order chi connectivity index (χ1) is 13.7. The second-order valence-corrected chi connectivity index (χ2v) is 7.26. The third-order valence-corrected chi connectivity index (χ3v) is 4.35. The van der Waals surface area contributed by atoms with Gasteiger partial charge in [0.15, 0.2) is 0 Å². The molecule has 0 radical (unpaired) electrons. The van der Waals surface area contributed by atoms with Crippen molar-refractivity contribution in [3.63, 3.8) is 0 Å². The normalized spacial score (nSPS) is 10.6. The lowest BCUT2D eigenvalue weighted by atomic mass is 10.1. The summed E-state index contributed by atoms with van der Waals surface area (Å²) in [6.45, 7) is 4.04. The molecule has 0 spiro atoms. The zero-order chi connectivity index (χ0) is 21.6. The first-order valence-corrected chi connectivity index (χ1v) is 9.44. The number of hydrogen-bond donors (Lipinski definition) is 3. The zero-order valence-electron chi connectivity index (χ0n) is 16.1. The average Bonchev–Trinajstić information content (AvgIpc) is 3.03. The summed E-state index contributed by atoms with van der Waals surface area (Å²) in [4.78, 5) is 38.6. The number of amides is 2. The summed E-state index contributed by atoms with van der Waals surface area (Å²) in [5.41, 5.74) is 0.799. The Bertz CT molecular complexity index is 892. The van der Waals surface area contributed by atoms with Gasteiger partial charge in [-0.15, -0.1) is 0 Å². The topological polar surface area (TPSA) is 110 Å². The lowest BCUT2D eigenvalue weighted by Crippen LogP contribution is -2.30. The summed E-state index contributed by atoms with van der Waals surface area (Å²) < 4.78 is 10.2. The standard InChI is InChI=1S/C19H21Cl2N3O5/c1-10(2)9-29-15-6-11(18(26)22-8-16(25)28-3)4-5-13(15)24-19(27)14-7-12(20)17(21)23-14/h4-7,10,23H,8-9H2,1-3H3,(H,22,26)(H,24,27). The fraction of sp³-hybridized carbons (Fsp3) is 0.316. The summed E-state index contributed by atoms with van der Waals surface area (Å²) >= 11 is 11.7. The molecule has 2 amide bonds. The van der Waals surface area contributed by atoms with Crippen molar-refractivity contribution in [3.05, 3.63) is 45.7 Å². The van der Waals surface area contributed by atoms with E-state index in [0.29, 0.717) is 18.0 Å². The van der Waals surface area contributed by atoms with Gasteiger partial charge in [0, 0.05) is 5.56 Å². The maximum absolute atomic E-state index is 12.5. The van der Waals surface area contributed by atoms with Gasteiger partial charge in [-0.2, -0.15) is 0 Å². The Balaban J connectivity index is 2.22. The van der Waals surface area contributed by atoms with Crippen molar-refractivity contribution in [1.82, 2.24) is 10.3 Å². The van der Waals surface area contributed by atoms with Crippen LogP contribution in [0.15, 0.2) is 24.3 Å². The number of carbonyl (C=O) groups excluding carboxylic acids is 3. The van der Waals surface area contributed by atoms with Gasteiger partial charge in [0.25, 0.3) is 11.8 Å². The van der Waals surface area contributed by atoms with Crippen molar-refractivity contribution in [2.24, 2.45) is 5.92 Å². The highest BCUT2D eigenvalue weighted by molar-refractivity contribution is 6.41. The second kappa shape index (κ2) is 10.2. The fourth-order valence-corrected chi connectivity index (χ4v) is 2.50. The van der Waals surface area contributed by atoms with E-state index in [0.717, 1.165) is 0 Å². The number of hydrogen-bond acceptors (Lipinski definition) is 5. The molecule has 0 saturated carbocycles. The number of esters is 1. The molecule has 0 unspecified atom stereocenters. The number of nitrogens with one attached hydrogen (secondary N) is 3. The number of anilines is 1. The van der Waals surface area contributed by atoms with Crippen LogP contribution < -0.4 is 15.4 Å². The van der Waals surface area contributed by atoms with E-state index in [1.807, 2.05) is 13.8 Å². The molecular weight excluding hydrogens is 421 g/mol. The number of benzene rings is 1. The largest absolute Gasteiger partial charge is 0.491 e. The average molecular weight is 442 g/mol. The predicted octanol–water partition coefficient (Wildman–Crippen LogP) is 3.51. The van der Waals surface area contributed by atoms with E-state index in [1.54, 1.807) is 0 Å². The highest BCUT2D eigenvalue weighted by atomic mass is 35.5. The number of ether oxygens (including phenoxy) is 2. The van der Waals surface area contributed by atoms with Gasteiger partial charge in [-0.05, 0) is 30.2 Å². The van der Waals surface area contributed by atoms with Gasteiger partial charge in [0.1, 0.15) is 23.1 Å². The van der Waals surface area contributed by atoms with Crippen LogP contribution in [0.25, 0.3) is 0 Å². The molecule has 8 nitrogen and oxygen atoms in total. The van der Waals surface area contributed by atoms with E-state index in [2.05, 4.69) is 20.4 Å². The molecule has 2 aromatic rings. The molecule has 10 heteroatoms. The van der Waals surface area contributed by atoms with Crippen LogP contribution in [0.4, 0.5) is 5.69 Å². The van der Waals surface area contributed by atoms with Crippen LogP contribution in [-0.4, -0.2) is 43.0 Å². The summed E-state index contributed by atoms with van der Waals surface area (Å²) in [6, 6.07) is 5.92. The van der Waals surface area contributed by atoms with E-state index in [9.17, 15) is 14.4 Å². The zero-order valence-corrected chi connectivity index (χ0v) is 17.6. The minimum Gasteiger partial charge on any atom is -0.491 e.